The molecule has 3 heterocycles. The van der Waals surface area contributed by atoms with E-state index in [1.54, 1.807) is 34.1 Å². The Hall–Kier alpha value is -5.26. The first kappa shape index (κ1) is 49.8. The van der Waals surface area contributed by atoms with E-state index in [4.69, 9.17) is 27.9 Å². The minimum absolute atomic E-state index is 0.00118. The van der Waals surface area contributed by atoms with Crippen LogP contribution in [0.2, 0.25) is 5.02 Å². The Labute approximate surface area is 381 Å². The zero-order valence-corrected chi connectivity index (χ0v) is 37.9. The number of carbonyl (C=O) groups excluding carboxylic acids is 7. The number of nitrogens with two attached hydrogens (primary N) is 2. The van der Waals surface area contributed by atoms with Gasteiger partial charge in [0.2, 0.25) is 29.5 Å². The lowest BCUT2D eigenvalue weighted by molar-refractivity contribution is -0.154. The van der Waals surface area contributed by atoms with Crippen molar-refractivity contribution in [2.24, 2.45) is 17.5 Å². The number of amides is 7. The summed E-state index contributed by atoms with van der Waals surface area (Å²) in [7, 11) is 0. The van der Waals surface area contributed by atoms with Crippen molar-refractivity contribution in [3.05, 3.63) is 70.7 Å². The molecule has 0 spiro atoms. The Bertz CT molecular complexity index is 1920. The summed E-state index contributed by atoms with van der Waals surface area (Å²) in [6, 6.07) is 11.1. The number of piperidine rings is 2. The van der Waals surface area contributed by atoms with E-state index in [-0.39, 0.29) is 43.8 Å². The summed E-state index contributed by atoms with van der Waals surface area (Å²) >= 11 is 6.17. The number of hydrogen-bond acceptors (Lipinski definition) is 10. The van der Waals surface area contributed by atoms with E-state index in [1.165, 1.54) is 4.90 Å². The third-order valence-electron chi connectivity index (χ3n) is 12.7. The molecule has 0 radical (unpaired) electrons. The number of alkyl carbamates (subject to hydrolysis) is 1. The average Bonchev–Trinajstić information content (AvgIpc) is 3.82. The molecular formula is C46H66ClN9O8. The minimum atomic E-state index is -1.04. The molecule has 0 aromatic heterocycles. The summed E-state index contributed by atoms with van der Waals surface area (Å²) < 4.78 is 5.29. The maximum atomic E-state index is 14.7. The van der Waals surface area contributed by atoms with Crippen LogP contribution >= 0.6 is 11.6 Å². The topological polar surface area (TPSA) is 239 Å². The SMILES string of the molecule is CCC(C)[C@H](NC(=O)[C@H](N)Cc1ccccc1)C(=O)N1CCCC[C@@H]1C(=O)N1CCCC[C@H]1C(=O)N[C@H](CCCCNC(=O)OCc1ccccc1Cl)C(=O)N1CCC[C@H]1C(=O)NN. The molecule has 350 valence electrons. The van der Waals surface area contributed by atoms with E-state index in [0.29, 0.717) is 101 Å². The zero-order valence-electron chi connectivity index (χ0n) is 37.1. The molecule has 5 rings (SSSR count). The van der Waals surface area contributed by atoms with Gasteiger partial charge in [-0.3, -0.25) is 34.2 Å². The van der Waals surface area contributed by atoms with E-state index in [1.807, 2.05) is 44.2 Å². The maximum Gasteiger partial charge on any atom is 0.407 e. The van der Waals surface area contributed by atoms with Gasteiger partial charge in [0.05, 0.1) is 6.04 Å². The fourth-order valence-corrected chi connectivity index (χ4v) is 8.98. The second-order valence-corrected chi connectivity index (χ2v) is 17.5. The van der Waals surface area contributed by atoms with Crippen LogP contribution < -0.4 is 33.0 Å². The van der Waals surface area contributed by atoms with Crippen molar-refractivity contribution in [3.63, 3.8) is 0 Å². The number of carbonyl (C=O) groups is 7. The van der Waals surface area contributed by atoms with Gasteiger partial charge in [-0.1, -0.05) is 80.4 Å². The van der Waals surface area contributed by atoms with Crippen molar-refractivity contribution >= 4 is 53.1 Å². The van der Waals surface area contributed by atoms with Crippen LogP contribution in [0.3, 0.4) is 0 Å². The molecule has 2 aromatic rings. The van der Waals surface area contributed by atoms with Gasteiger partial charge in [-0.15, -0.1) is 0 Å². The van der Waals surface area contributed by atoms with E-state index in [9.17, 15) is 33.6 Å². The summed E-state index contributed by atoms with van der Waals surface area (Å²) in [5, 5.41) is 9.05. The molecule has 1 unspecified atom stereocenters. The molecule has 3 fully saturated rings. The fourth-order valence-electron chi connectivity index (χ4n) is 8.79. The van der Waals surface area contributed by atoms with Gasteiger partial charge in [0.25, 0.3) is 5.91 Å². The van der Waals surface area contributed by atoms with E-state index in [0.717, 1.165) is 5.56 Å². The third-order valence-corrected chi connectivity index (χ3v) is 13.0. The molecule has 18 heteroatoms. The van der Waals surface area contributed by atoms with Crippen LogP contribution in [0.5, 0.6) is 0 Å². The smallest absolute Gasteiger partial charge is 0.407 e. The highest BCUT2D eigenvalue weighted by Gasteiger charge is 2.44. The van der Waals surface area contributed by atoms with Crippen LogP contribution in [0.15, 0.2) is 54.6 Å². The van der Waals surface area contributed by atoms with Crippen molar-refractivity contribution in [2.45, 2.75) is 140 Å². The van der Waals surface area contributed by atoms with Gasteiger partial charge in [-0.25, -0.2) is 10.6 Å². The number of ether oxygens (including phenoxy) is 1. The first-order chi connectivity index (χ1) is 30.8. The van der Waals surface area contributed by atoms with Crippen LogP contribution in [0.4, 0.5) is 4.79 Å². The Morgan fingerprint density at radius 1 is 0.766 bits per heavy atom. The zero-order chi connectivity index (χ0) is 46.2. The Morgan fingerprint density at radius 3 is 2.09 bits per heavy atom. The van der Waals surface area contributed by atoms with Crippen molar-refractivity contribution in [1.82, 2.24) is 36.1 Å². The number of halogens is 1. The maximum absolute atomic E-state index is 14.7. The molecule has 8 N–H and O–H groups in total. The Morgan fingerprint density at radius 2 is 1.39 bits per heavy atom. The first-order valence-corrected chi connectivity index (χ1v) is 23.2. The number of benzene rings is 2. The predicted octanol–water partition coefficient (Wildman–Crippen LogP) is 3.07. The van der Waals surface area contributed by atoms with Crippen LogP contribution in [0, 0.1) is 5.92 Å². The van der Waals surface area contributed by atoms with Crippen LogP contribution in [-0.4, -0.2) is 119 Å². The number of hydrogen-bond donors (Lipinski definition) is 6. The quantitative estimate of drug-likeness (QED) is 0.0522. The van der Waals surface area contributed by atoms with Crippen molar-refractivity contribution < 1.29 is 38.3 Å². The fraction of sp³-hybridized carbons (Fsp3) is 0.587. The highest BCUT2D eigenvalue weighted by atomic mass is 35.5. The monoisotopic (exact) mass is 907 g/mol. The van der Waals surface area contributed by atoms with Crippen molar-refractivity contribution in [1.29, 1.82) is 0 Å². The van der Waals surface area contributed by atoms with E-state index >= 15 is 0 Å². The lowest BCUT2D eigenvalue weighted by Crippen LogP contribution is -2.63. The van der Waals surface area contributed by atoms with E-state index < -0.39 is 66.0 Å². The molecule has 7 atom stereocenters. The molecule has 3 saturated heterocycles. The predicted molar refractivity (Wildman–Crippen MR) is 241 cm³/mol. The second-order valence-electron chi connectivity index (χ2n) is 17.1. The van der Waals surface area contributed by atoms with Gasteiger partial charge < -0.3 is 41.1 Å². The van der Waals surface area contributed by atoms with Crippen LogP contribution in [-0.2, 0) is 46.5 Å². The number of nitrogens with one attached hydrogen (secondary N) is 4. The van der Waals surface area contributed by atoms with E-state index in [2.05, 4.69) is 21.4 Å². The average molecular weight is 909 g/mol. The second kappa shape index (κ2) is 24.7. The number of likely N-dealkylation sites (tertiary alicyclic amines) is 3. The molecule has 2 aromatic carbocycles. The van der Waals surface area contributed by atoms with Crippen LogP contribution in [0.25, 0.3) is 0 Å². The Balaban J connectivity index is 1.26. The summed E-state index contributed by atoms with van der Waals surface area (Å²) in [4.78, 5) is 101. The number of rotatable bonds is 19. The summed E-state index contributed by atoms with van der Waals surface area (Å²) in [5.74, 6) is 2.59. The molecule has 7 amide bonds. The van der Waals surface area contributed by atoms with Gasteiger partial charge in [0.1, 0.15) is 36.8 Å². The molecule has 0 bridgehead atoms. The molecular weight excluding hydrogens is 842 g/mol. The summed E-state index contributed by atoms with van der Waals surface area (Å²) in [5.41, 5.74) is 10.0. The third kappa shape index (κ3) is 13.4. The van der Waals surface area contributed by atoms with Crippen LogP contribution in [0.1, 0.15) is 102 Å². The van der Waals surface area contributed by atoms with Crippen molar-refractivity contribution in [3.8, 4) is 0 Å². The highest BCUT2D eigenvalue weighted by molar-refractivity contribution is 6.31. The molecule has 0 saturated carbocycles. The normalized spacial score (nSPS) is 20.6. The summed E-state index contributed by atoms with van der Waals surface area (Å²) in [6.45, 7) is 4.97. The summed E-state index contributed by atoms with van der Waals surface area (Å²) in [6.07, 6.45) is 5.76. The molecule has 3 aliphatic rings. The lowest BCUT2D eigenvalue weighted by atomic mass is 9.92. The molecule has 17 nitrogen and oxygen atoms in total. The van der Waals surface area contributed by atoms with Gasteiger partial charge in [0, 0.05) is 36.8 Å². The lowest BCUT2D eigenvalue weighted by Gasteiger charge is -2.43. The van der Waals surface area contributed by atoms with Gasteiger partial charge in [-0.05, 0) is 94.6 Å². The van der Waals surface area contributed by atoms with Gasteiger partial charge in [0.15, 0.2) is 0 Å². The minimum Gasteiger partial charge on any atom is -0.445 e. The number of unbranched alkanes of at least 4 members (excludes halogenated alkanes) is 1. The highest BCUT2D eigenvalue weighted by Crippen LogP contribution is 2.27. The first-order valence-electron chi connectivity index (χ1n) is 22.8. The molecule has 0 aliphatic carbocycles. The molecule has 64 heavy (non-hydrogen) atoms. The van der Waals surface area contributed by atoms with Gasteiger partial charge >= 0.3 is 6.09 Å². The standard InChI is InChI=1S/C46H66ClN9O8/c1-3-30(2)39(52-40(57)34(48)28-31-16-5-4-6-17-31)45(62)56-26-14-11-22-38(56)44(61)55-25-13-10-21-36(55)41(58)51-35(43(60)54-27-15-23-37(54)42(59)53-49)20-9-12-24-50-46(63)64-29-32-18-7-8-19-33(32)47/h4-8,16-19,30,34-39H,3,9-15,20-29,48-49H2,1-2H3,(H,50,63)(H,51,58)(H,52,57)(H,53,59)/t30?,34-,35-,36+,37+,38-,39+/m1/s1. The van der Waals surface area contributed by atoms with Crippen molar-refractivity contribution in [2.75, 3.05) is 26.2 Å². The largest absolute Gasteiger partial charge is 0.445 e. The number of nitrogens with zero attached hydrogens (tertiary/aromatic N) is 3. The van der Waals surface area contributed by atoms with Gasteiger partial charge in [-0.2, -0.15) is 0 Å². The Kier molecular flexibility index (Phi) is 19.2. The molecule has 3 aliphatic heterocycles. The number of hydrazine groups is 1.